The molecule has 6 heteroatoms. The molecule has 6 nitrogen and oxygen atoms in total. The predicted octanol–water partition coefficient (Wildman–Crippen LogP) is 1.83. The molecule has 2 aromatic carbocycles. The van der Waals surface area contributed by atoms with E-state index in [4.69, 9.17) is 14.2 Å². The molecule has 3 atom stereocenters. The summed E-state index contributed by atoms with van der Waals surface area (Å²) < 4.78 is 15.5. The Kier molecular flexibility index (Phi) is 4.17. The summed E-state index contributed by atoms with van der Waals surface area (Å²) in [5.74, 6) is -1.25. The molecule has 1 spiro atoms. The summed E-state index contributed by atoms with van der Waals surface area (Å²) in [5.41, 5.74) is 0.299. The van der Waals surface area contributed by atoms with Gasteiger partial charge < -0.3 is 14.2 Å². The third kappa shape index (κ3) is 2.40. The second kappa shape index (κ2) is 6.37. The Bertz CT molecular complexity index is 860. The lowest BCUT2D eigenvalue weighted by Gasteiger charge is -2.44. The number of hydrogen-bond acceptors (Lipinski definition) is 6. The highest BCUT2D eigenvalue weighted by Gasteiger charge is 2.65. The van der Waals surface area contributed by atoms with Crippen LogP contribution in [0, 0.1) is 11.3 Å². The molecule has 0 saturated carbocycles. The van der Waals surface area contributed by atoms with Crippen LogP contribution in [0.2, 0.25) is 0 Å². The van der Waals surface area contributed by atoms with Crippen molar-refractivity contribution < 1.29 is 23.8 Å². The van der Waals surface area contributed by atoms with Crippen molar-refractivity contribution in [2.24, 2.45) is 11.3 Å². The van der Waals surface area contributed by atoms with E-state index in [-0.39, 0.29) is 18.0 Å². The zero-order valence-corrected chi connectivity index (χ0v) is 14.7. The first-order chi connectivity index (χ1) is 12.6. The fourth-order valence-corrected chi connectivity index (χ4v) is 4.25. The van der Waals surface area contributed by atoms with E-state index >= 15 is 0 Å². The molecule has 0 amide bonds. The quantitative estimate of drug-likeness (QED) is 0.847. The van der Waals surface area contributed by atoms with Gasteiger partial charge in [-0.15, -0.1) is 0 Å². The van der Waals surface area contributed by atoms with E-state index in [1.165, 1.54) is 14.2 Å². The first-order valence-corrected chi connectivity index (χ1v) is 8.59. The van der Waals surface area contributed by atoms with Crippen LogP contribution in [0.4, 0.5) is 0 Å². The van der Waals surface area contributed by atoms with Crippen molar-refractivity contribution in [3.05, 3.63) is 48.0 Å². The zero-order valence-electron chi connectivity index (χ0n) is 14.7. The second-order valence-electron chi connectivity index (χ2n) is 6.93. The fourth-order valence-electron chi connectivity index (χ4n) is 4.25. The van der Waals surface area contributed by atoms with Gasteiger partial charge >= 0.3 is 11.9 Å². The van der Waals surface area contributed by atoms with Crippen LogP contribution >= 0.6 is 0 Å². The van der Waals surface area contributed by atoms with Gasteiger partial charge in [0.1, 0.15) is 6.04 Å². The maximum atomic E-state index is 12.7. The minimum Gasteiger partial charge on any atom is -0.469 e. The van der Waals surface area contributed by atoms with Gasteiger partial charge in [0.2, 0.25) is 0 Å². The van der Waals surface area contributed by atoms with Crippen LogP contribution < -0.4 is 5.32 Å². The molecule has 1 N–H and O–H groups in total. The van der Waals surface area contributed by atoms with E-state index in [1.54, 1.807) is 0 Å². The highest BCUT2D eigenvalue weighted by molar-refractivity contribution is 5.85. The second-order valence-corrected chi connectivity index (χ2v) is 6.93. The molecule has 2 aliphatic rings. The minimum atomic E-state index is -0.642. The largest absolute Gasteiger partial charge is 0.469 e. The molecule has 2 heterocycles. The maximum absolute atomic E-state index is 12.7. The lowest BCUT2D eigenvalue weighted by Crippen LogP contribution is -2.58. The molecule has 2 aromatic rings. The molecule has 0 radical (unpaired) electrons. The lowest BCUT2D eigenvalue weighted by molar-refractivity contribution is -0.183. The zero-order chi connectivity index (χ0) is 18.3. The van der Waals surface area contributed by atoms with Crippen LogP contribution in [0.3, 0.4) is 0 Å². The van der Waals surface area contributed by atoms with Crippen molar-refractivity contribution in [1.82, 2.24) is 5.32 Å². The number of esters is 2. The molecular weight excluding hydrogens is 334 g/mol. The molecule has 0 aliphatic carbocycles. The molecule has 2 fully saturated rings. The van der Waals surface area contributed by atoms with Gasteiger partial charge in [-0.25, -0.2) is 0 Å². The number of benzene rings is 2. The first-order valence-electron chi connectivity index (χ1n) is 8.59. The molecule has 0 bridgehead atoms. The Morgan fingerprint density at radius 2 is 1.73 bits per heavy atom. The SMILES string of the molecule is COC(=O)[C@H]1N[C@@H](c2ccc3ccccc3c2)[C@@H](C(=O)OC)C12COC2. The van der Waals surface area contributed by atoms with E-state index < -0.39 is 17.4 Å². The Labute approximate surface area is 151 Å². The molecule has 2 aliphatic heterocycles. The van der Waals surface area contributed by atoms with Crippen molar-refractivity contribution in [1.29, 1.82) is 0 Å². The number of hydrogen-bond donors (Lipinski definition) is 1. The summed E-state index contributed by atoms with van der Waals surface area (Å²) in [5, 5.41) is 5.53. The number of carbonyl (C=O) groups excluding carboxylic acids is 2. The van der Waals surface area contributed by atoms with Crippen molar-refractivity contribution >= 4 is 22.7 Å². The molecule has 4 rings (SSSR count). The summed E-state index contributed by atoms with van der Waals surface area (Å²) in [6.45, 7) is 0.646. The maximum Gasteiger partial charge on any atom is 0.323 e. The van der Waals surface area contributed by atoms with Crippen LogP contribution in [-0.4, -0.2) is 45.4 Å². The van der Waals surface area contributed by atoms with E-state index in [2.05, 4.69) is 11.4 Å². The van der Waals surface area contributed by atoms with Gasteiger partial charge in [0.15, 0.2) is 0 Å². The van der Waals surface area contributed by atoms with Crippen LogP contribution in [0.1, 0.15) is 11.6 Å². The fraction of sp³-hybridized carbons (Fsp3) is 0.400. The van der Waals surface area contributed by atoms with Gasteiger partial charge in [0.05, 0.1) is 38.8 Å². The van der Waals surface area contributed by atoms with Crippen LogP contribution in [0.5, 0.6) is 0 Å². The summed E-state index contributed by atoms with van der Waals surface area (Å²) >= 11 is 0. The average Bonchev–Trinajstić information content (AvgIpc) is 3.03. The first kappa shape index (κ1) is 17.0. The topological polar surface area (TPSA) is 73.9 Å². The van der Waals surface area contributed by atoms with Gasteiger partial charge in [-0.3, -0.25) is 14.9 Å². The van der Waals surface area contributed by atoms with Gasteiger partial charge in [0, 0.05) is 6.04 Å². The monoisotopic (exact) mass is 355 g/mol. The van der Waals surface area contributed by atoms with E-state index in [0.29, 0.717) is 13.2 Å². The number of ether oxygens (including phenoxy) is 3. The Hall–Kier alpha value is -2.44. The van der Waals surface area contributed by atoms with E-state index in [1.807, 2.05) is 36.4 Å². The number of fused-ring (bicyclic) bond motifs is 1. The molecule has 2 saturated heterocycles. The predicted molar refractivity (Wildman–Crippen MR) is 94.4 cm³/mol. The van der Waals surface area contributed by atoms with Gasteiger partial charge in [-0.05, 0) is 22.4 Å². The molecule has 0 aromatic heterocycles. The van der Waals surface area contributed by atoms with E-state index in [0.717, 1.165) is 16.3 Å². The molecule has 0 unspecified atom stereocenters. The standard InChI is InChI=1S/C20H21NO5/c1-24-18(22)15-16(14-8-7-12-5-3-4-6-13(12)9-14)21-17(19(23)25-2)20(15)10-26-11-20/h3-9,15-17,21H,10-11H2,1-2H3/t15-,16-,17+/m0/s1. The van der Waals surface area contributed by atoms with Crippen molar-refractivity contribution in [2.45, 2.75) is 12.1 Å². The summed E-state index contributed by atoms with van der Waals surface area (Å²) in [6.07, 6.45) is 0. The Balaban J connectivity index is 1.79. The highest BCUT2D eigenvalue weighted by Crippen LogP contribution is 2.51. The van der Waals surface area contributed by atoms with Crippen molar-refractivity contribution in [2.75, 3.05) is 27.4 Å². The highest BCUT2D eigenvalue weighted by atomic mass is 16.5. The third-order valence-corrected chi connectivity index (χ3v) is 5.64. The van der Waals surface area contributed by atoms with Crippen molar-refractivity contribution in [3.63, 3.8) is 0 Å². The molecule has 136 valence electrons. The number of nitrogens with one attached hydrogen (secondary N) is 1. The minimum absolute atomic E-state index is 0.323. The number of carbonyl (C=O) groups is 2. The molecule has 26 heavy (non-hydrogen) atoms. The number of methoxy groups -OCH3 is 2. The van der Waals surface area contributed by atoms with Gasteiger partial charge in [-0.2, -0.15) is 0 Å². The Morgan fingerprint density at radius 3 is 2.35 bits per heavy atom. The van der Waals surface area contributed by atoms with Gasteiger partial charge in [-0.1, -0.05) is 36.4 Å². The lowest BCUT2D eigenvalue weighted by atomic mass is 9.68. The van der Waals surface area contributed by atoms with E-state index in [9.17, 15) is 9.59 Å². The summed E-state index contributed by atoms with van der Waals surface area (Å²) in [7, 11) is 2.73. The van der Waals surface area contributed by atoms with Crippen molar-refractivity contribution in [3.8, 4) is 0 Å². The molecular formula is C20H21NO5. The average molecular weight is 355 g/mol. The smallest absolute Gasteiger partial charge is 0.323 e. The Morgan fingerprint density at radius 1 is 1.04 bits per heavy atom. The van der Waals surface area contributed by atoms with Crippen LogP contribution in [-0.2, 0) is 23.8 Å². The van der Waals surface area contributed by atoms with Crippen LogP contribution in [0.15, 0.2) is 42.5 Å². The summed E-state index contributed by atoms with van der Waals surface area (Å²) in [6, 6.07) is 13.1. The summed E-state index contributed by atoms with van der Waals surface area (Å²) in [4.78, 5) is 25.0. The van der Waals surface area contributed by atoms with Gasteiger partial charge in [0.25, 0.3) is 0 Å². The normalized spacial score (nSPS) is 26.5. The van der Waals surface area contributed by atoms with Crippen LogP contribution in [0.25, 0.3) is 10.8 Å². The number of rotatable bonds is 3. The third-order valence-electron chi connectivity index (χ3n) is 5.64.